The molecule has 2 aromatic carbocycles. The second-order valence-electron chi connectivity index (χ2n) is 8.84. The Hall–Kier alpha value is -3.63. The van der Waals surface area contributed by atoms with E-state index in [1.54, 1.807) is 45.0 Å². The molecular formula is C26H28N2O7S. The third-order valence-electron chi connectivity index (χ3n) is 5.95. The zero-order valence-electron chi connectivity index (χ0n) is 20.5. The number of carbonyl (C=O) groups is 2. The summed E-state index contributed by atoms with van der Waals surface area (Å²) in [6.07, 6.45) is 0. The molecule has 0 unspecified atom stereocenters. The molecule has 0 aliphatic carbocycles. The molecule has 9 nitrogen and oxygen atoms in total. The lowest BCUT2D eigenvalue weighted by molar-refractivity contribution is -0.145. The normalized spacial score (nSPS) is 13.6. The van der Waals surface area contributed by atoms with Crippen LogP contribution in [-0.4, -0.2) is 44.2 Å². The number of ether oxygens (including phenoxy) is 3. The zero-order valence-corrected chi connectivity index (χ0v) is 21.3. The predicted octanol–water partition coefficient (Wildman–Crippen LogP) is 3.55. The molecule has 0 spiro atoms. The third kappa shape index (κ3) is 5.14. The molecule has 1 aliphatic heterocycles. The van der Waals surface area contributed by atoms with E-state index in [1.165, 1.54) is 12.1 Å². The number of esters is 1. The summed E-state index contributed by atoms with van der Waals surface area (Å²) in [4.78, 5) is 25.8. The number of rotatable bonds is 9. The van der Waals surface area contributed by atoms with Crippen LogP contribution >= 0.6 is 0 Å². The lowest BCUT2D eigenvalue weighted by Crippen LogP contribution is -2.45. The SMILES string of the molecule is Cc1cc(C(=O)COC(=O)[C@@H](NS(=O)(=O)c2ccccc2)C(C)C)c(C)n1-c1ccc2c(c1)OCO2. The highest BCUT2D eigenvalue weighted by molar-refractivity contribution is 7.89. The van der Waals surface area contributed by atoms with Crippen molar-refractivity contribution < 1.29 is 32.2 Å². The lowest BCUT2D eigenvalue weighted by Gasteiger charge is -2.20. The first-order valence-corrected chi connectivity index (χ1v) is 12.9. The minimum atomic E-state index is -3.94. The van der Waals surface area contributed by atoms with Gasteiger partial charge in [-0.15, -0.1) is 0 Å². The molecule has 1 aliphatic rings. The van der Waals surface area contributed by atoms with Gasteiger partial charge in [-0.2, -0.15) is 4.72 Å². The Kier molecular flexibility index (Phi) is 7.18. The van der Waals surface area contributed by atoms with Crippen molar-refractivity contribution in [2.75, 3.05) is 13.4 Å². The predicted molar refractivity (Wildman–Crippen MR) is 132 cm³/mol. The maximum atomic E-state index is 13.0. The molecule has 36 heavy (non-hydrogen) atoms. The molecule has 10 heteroatoms. The second kappa shape index (κ2) is 10.2. The number of aryl methyl sites for hydroxylation is 1. The molecule has 0 fully saturated rings. The maximum absolute atomic E-state index is 13.0. The number of sulfonamides is 1. The minimum absolute atomic E-state index is 0.0375. The largest absolute Gasteiger partial charge is 0.456 e. The first-order chi connectivity index (χ1) is 17.1. The van der Waals surface area contributed by atoms with Crippen molar-refractivity contribution in [2.24, 2.45) is 5.92 Å². The smallest absolute Gasteiger partial charge is 0.324 e. The molecule has 4 rings (SSSR count). The van der Waals surface area contributed by atoms with Crippen molar-refractivity contribution in [3.8, 4) is 17.2 Å². The van der Waals surface area contributed by atoms with Crippen LogP contribution in [0, 0.1) is 19.8 Å². The van der Waals surface area contributed by atoms with Crippen molar-refractivity contribution in [3.63, 3.8) is 0 Å². The highest BCUT2D eigenvalue weighted by atomic mass is 32.2. The molecule has 0 saturated carbocycles. The van der Waals surface area contributed by atoms with Crippen molar-refractivity contribution in [2.45, 2.75) is 38.6 Å². The fourth-order valence-corrected chi connectivity index (χ4v) is 5.42. The van der Waals surface area contributed by atoms with Gasteiger partial charge < -0.3 is 18.8 Å². The molecule has 0 amide bonds. The summed E-state index contributed by atoms with van der Waals surface area (Å²) in [6.45, 7) is 6.71. The third-order valence-corrected chi connectivity index (χ3v) is 7.40. The van der Waals surface area contributed by atoms with Gasteiger partial charge in [0.05, 0.1) is 4.90 Å². The minimum Gasteiger partial charge on any atom is -0.456 e. The molecule has 1 N–H and O–H groups in total. The average molecular weight is 513 g/mol. The highest BCUT2D eigenvalue weighted by Gasteiger charge is 2.30. The van der Waals surface area contributed by atoms with E-state index >= 15 is 0 Å². The maximum Gasteiger partial charge on any atom is 0.324 e. The average Bonchev–Trinajstić information content (AvgIpc) is 3.44. The summed E-state index contributed by atoms with van der Waals surface area (Å²) in [5.41, 5.74) is 2.71. The number of ketones is 1. The molecule has 2 heterocycles. The Bertz CT molecular complexity index is 1400. The molecule has 0 bridgehead atoms. The number of fused-ring (bicyclic) bond motifs is 1. The van der Waals surface area contributed by atoms with Gasteiger partial charge >= 0.3 is 5.97 Å². The van der Waals surface area contributed by atoms with Crippen LogP contribution in [0.3, 0.4) is 0 Å². The van der Waals surface area contributed by atoms with Crippen LogP contribution in [0.5, 0.6) is 11.5 Å². The fourth-order valence-electron chi connectivity index (χ4n) is 4.06. The van der Waals surface area contributed by atoms with Gasteiger partial charge in [0.25, 0.3) is 0 Å². The molecule has 1 atom stereocenters. The highest BCUT2D eigenvalue weighted by Crippen LogP contribution is 2.35. The Morgan fingerprint density at radius 1 is 1.03 bits per heavy atom. The van der Waals surface area contributed by atoms with Gasteiger partial charge in [0.1, 0.15) is 6.04 Å². The quantitative estimate of drug-likeness (QED) is 0.345. The Labute approximate surface area is 210 Å². The van der Waals surface area contributed by atoms with E-state index < -0.39 is 40.3 Å². The molecule has 1 aromatic heterocycles. The summed E-state index contributed by atoms with van der Waals surface area (Å²) in [5, 5.41) is 0. The first-order valence-electron chi connectivity index (χ1n) is 11.4. The summed E-state index contributed by atoms with van der Waals surface area (Å²) >= 11 is 0. The number of carbonyl (C=O) groups excluding carboxylic acids is 2. The van der Waals surface area contributed by atoms with Gasteiger partial charge in [-0.25, -0.2) is 8.42 Å². The van der Waals surface area contributed by atoms with Crippen molar-refractivity contribution in [1.29, 1.82) is 0 Å². The second-order valence-corrected chi connectivity index (χ2v) is 10.6. The standard InChI is InChI=1S/C26H28N2O7S/c1-16(2)25(27-36(31,32)20-8-6-5-7-9-20)26(30)33-14-22(29)21-12-17(3)28(18(21)4)19-10-11-23-24(13-19)35-15-34-23/h5-13,16,25,27H,14-15H2,1-4H3/t25-/m0/s1. The first kappa shape index (κ1) is 25.5. The van der Waals surface area contributed by atoms with E-state index in [0.29, 0.717) is 22.8 Å². The Morgan fingerprint density at radius 2 is 1.72 bits per heavy atom. The zero-order chi connectivity index (χ0) is 26.0. The topological polar surface area (TPSA) is 113 Å². The summed E-state index contributed by atoms with van der Waals surface area (Å²) in [5.74, 6) is -0.326. The molecule has 3 aromatic rings. The van der Waals surface area contributed by atoms with Crippen LogP contribution in [0.4, 0.5) is 0 Å². The van der Waals surface area contributed by atoms with Gasteiger partial charge in [-0.05, 0) is 50.1 Å². The monoisotopic (exact) mass is 512 g/mol. The van der Waals surface area contributed by atoms with Crippen LogP contribution in [0.25, 0.3) is 5.69 Å². The lowest BCUT2D eigenvalue weighted by atomic mass is 10.1. The summed E-state index contributed by atoms with van der Waals surface area (Å²) in [6, 6.07) is 13.8. The Balaban J connectivity index is 1.47. The van der Waals surface area contributed by atoms with E-state index in [0.717, 1.165) is 11.4 Å². The van der Waals surface area contributed by atoms with Crippen LogP contribution in [-0.2, 0) is 19.6 Å². The van der Waals surface area contributed by atoms with Crippen molar-refractivity contribution in [1.82, 2.24) is 9.29 Å². The van der Waals surface area contributed by atoms with Gasteiger partial charge in [0.2, 0.25) is 22.6 Å². The van der Waals surface area contributed by atoms with Crippen LogP contribution in [0.15, 0.2) is 59.5 Å². The van der Waals surface area contributed by atoms with Gasteiger partial charge in [-0.1, -0.05) is 32.0 Å². The van der Waals surface area contributed by atoms with Crippen molar-refractivity contribution >= 4 is 21.8 Å². The molecular weight excluding hydrogens is 484 g/mol. The van der Waals surface area contributed by atoms with Crippen LogP contribution in [0.1, 0.15) is 35.6 Å². The number of nitrogens with one attached hydrogen (secondary N) is 1. The number of benzene rings is 2. The number of hydrogen-bond acceptors (Lipinski definition) is 7. The molecule has 190 valence electrons. The van der Waals surface area contributed by atoms with Gasteiger partial charge in [0.15, 0.2) is 18.1 Å². The van der Waals surface area contributed by atoms with E-state index in [-0.39, 0.29) is 11.7 Å². The van der Waals surface area contributed by atoms with E-state index in [9.17, 15) is 18.0 Å². The van der Waals surface area contributed by atoms with Crippen molar-refractivity contribution in [3.05, 3.63) is 71.5 Å². The number of hydrogen-bond donors (Lipinski definition) is 1. The van der Waals surface area contributed by atoms with Gasteiger partial charge in [0, 0.05) is 28.7 Å². The van der Waals surface area contributed by atoms with E-state index in [4.69, 9.17) is 14.2 Å². The van der Waals surface area contributed by atoms with Gasteiger partial charge in [-0.3, -0.25) is 9.59 Å². The van der Waals surface area contributed by atoms with Crippen LogP contribution in [0.2, 0.25) is 0 Å². The number of Topliss-reactive ketones (excluding diaryl/α,β-unsaturated/α-hetero) is 1. The van der Waals surface area contributed by atoms with E-state index in [2.05, 4.69) is 4.72 Å². The molecule has 0 saturated heterocycles. The van der Waals surface area contributed by atoms with Crippen LogP contribution < -0.4 is 14.2 Å². The molecule has 0 radical (unpaired) electrons. The number of nitrogens with zero attached hydrogens (tertiary/aromatic N) is 1. The summed E-state index contributed by atoms with van der Waals surface area (Å²) < 4.78 is 45.8. The van der Waals surface area contributed by atoms with E-state index in [1.807, 2.05) is 29.7 Å². The summed E-state index contributed by atoms with van der Waals surface area (Å²) in [7, 11) is -3.94. The Morgan fingerprint density at radius 3 is 2.42 bits per heavy atom. The number of aromatic nitrogens is 1. The fraction of sp³-hybridized carbons (Fsp3) is 0.308.